The van der Waals surface area contributed by atoms with E-state index in [1.807, 2.05) is 19.1 Å². The Balaban J connectivity index is 2.36. The van der Waals surface area contributed by atoms with Crippen LogP contribution in [0.3, 0.4) is 0 Å². The molecule has 0 radical (unpaired) electrons. The highest BCUT2D eigenvalue weighted by Crippen LogP contribution is 2.31. The van der Waals surface area contributed by atoms with E-state index in [1.54, 1.807) is 0 Å². The van der Waals surface area contributed by atoms with Gasteiger partial charge in [-0.3, -0.25) is 0 Å². The van der Waals surface area contributed by atoms with Gasteiger partial charge in [-0.05, 0) is 18.1 Å². The Morgan fingerprint density at radius 1 is 1.50 bits per heavy atom. The van der Waals surface area contributed by atoms with Crippen LogP contribution in [0, 0.1) is 0 Å². The summed E-state index contributed by atoms with van der Waals surface area (Å²) < 4.78 is 5.56. The second kappa shape index (κ2) is 2.88. The van der Waals surface area contributed by atoms with E-state index in [1.165, 1.54) is 11.1 Å². The average Bonchev–Trinajstić information content (AvgIpc) is 2.47. The van der Waals surface area contributed by atoms with E-state index in [0.29, 0.717) is 6.61 Å². The summed E-state index contributed by atoms with van der Waals surface area (Å²) >= 11 is 0. The van der Waals surface area contributed by atoms with E-state index in [9.17, 15) is 0 Å². The topological polar surface area (TPSA) is 35.2 Å². The number of hydrogen-bond acceptors (Lipinski definition) is 2. The minimum atomic E-state index is 0.0775. The van der Waals surface area contributed by atoms with E-state index in [4.69, 9.17) is 10.5 Å². The van der Waals surface area contributed by atoms with Crippen LogP contribution >= 0.6 is 0 Å². The number of benzene rings is 1. The first kappa shape index (κ1) is 7.77. The van der Waals surface area contributed by atoms with Crippen molar-refractivity contribution in [1.82, 2.24) is 0 Å². The van der Waals surface area contributed by atoms with Crippen LogP contribution in [0.5, 0.6) is 0 Å². The molecule has 0 saturated carbocycles. The van der Waals surface area contributed by atoms with Crippen molar-refractivity contribution in [2.45, 2.75) is 25.7 Å². The maximum Gasteiger partial charge on any atom is 0.0981 e. The van der Waals surface area contributed by atoms with E-state index in [2.05, 4.69) is 12.1 Å². The van der Waals surface area contributed by atoms with Crippen molar-refractivity contribution < 1.29 is 4.74 Å². The van der Waals surface area contributed by atoms with Crippen molar-refractivity contribution in [1.29, 1.82) is 0 Å². The monoisotopic (exact) mass is 163 g/mol. The smallest absolute Gasteiger partial charge is 0.0981 e. The molecule has 2 rings (SSSR count). The zero-order valence-corrected chi connectivity index (χ0v) is 7.16. The van der Waals surface area contributed by atoms with Gasteiger partial charge in [-0.15, -0.1) is 0 Å². The lowest BCUT2D eigenvalue weighted by atomic mass is 10.0. The Kier molecular flexibility index (Phi) is 1.87. The van der Waals surface area contributed by atoms with Crippen molar-refractivity contribution in [3.63, 3.8) is 0 Å². The summed E-state index contributed by atoms with van der Waals surface area (Å²) in [6, 6.07) is 8.33. The third kappa shape index (κ3) is 1.13. The molecule has 12 heavy (non-hydrogen) atoms. The highest BCUT2D eigenvalue weighted by atomic mass is 16.5. The maximum atomic E-state index is 5.79. The summed E-state index contributed by atoms with van der Waals surface area (Å²) in [5, 5.41) is 0. The summed E-state index contributed by atoms with van der Waals surface area (Å²) in [5.41, 5.74) is 8.32. The van der Waals surface area contributed by atoms with E-state index >= 15 is 0 Å². The number of rotatable bonds is 1. The molecular weight excluding hydrogens is 150 g/mol. The fourth-order valence-electron chi connectivity index (χ4n) is 1.65. The van der Waals surface area contributed by atoms with E-state index < -0.39 is 0 Å². The van der Waals surface area contributed by atoms with Crippen molar-refractivity contribution in [3.8, 4) is 0 Å². The van der Waals surface area contributed by atoms with Gasteiger partial charge in [0.05, 0.1) is 12.7 Å². The highest BCUT2D eigenvalue weighted by Gasteiger charge is 2.25. The van der Waals surface area contributed by atoms with Gasteiger partial charge in [-0.2, -0.15) is 0 Å². The number of ether oxygens (including phenoxy) is 1. The van der Waals surface area contributed by atoms with Gasteiger partial charge in [0.1, 0.15) is 0 Å². The molecule has 0 aromatic heterocycles. The Morgan fingerprint density at radius 2 is 2.25 bits per heavy atom. The van der Waals surface area contributed by atoms with E-state index in [-0.39, 0.29) is 12.1 Å². The molecule has 2 nitrogen and oxygen atoms in total. The van der Waals surface area contributed by atoms with Gasteiger partial charge in [0.2, 0.25) is 0 Å². The van der Waals surface area contributed by atoms with Crippen molar-refractivity contribution in [2.75, 3.05) is 0 Å². The quantitative estimate of drug-likeness (QED) is 0.682. The molecule has 1 aliphatic rings. The third-order valence-corrected chi connectivity index (χ3v) is 2.26. The van der Waals surface area contributed by atoms with Crippen LogP contribution in [0.4, 0.5) is 0 Å². The van der Waals surface area contributed by atoms with Gasteiger partial charge >= 0.3 is 0 Å². The third-order valence-electron chi connectivity index (χ3n) is 2.26. The molecule has 0 fully saturated rings. The molecule has 0 spiro atoms. The zero-order valence-electron chi connectivity index (χ0n) is 7.16. The fourth-order valence-corrected chi connectivity index (χ4v) is 1.65. The minimum absolute atomic E-state index is 0.0775. The van der Waals surface area contributed by atoms with Gasteiger partial charge < -0.3 is 10.5 Å². The molecule has 2 N–H and O–H groups in total. The molecule has 2 heteroatoms. The normalized spacial score (nSPS) is 23.7. The van der Waals surface area contributed by atoms with Crippen LogP contribution in [0.1, 0.15) is 24.2 Å². The van der Waals surface area contributed by atoms with Crippen molar-refractivity contribution >= 4 is 0 Å². The predicted molar refractivity (Wildman–Crippen MR) is 47.6 cm³/mol. The highest BCUT2D eigenvalue weighted by molar-refractivity contribution is 5.32. The number of nitrogens with two attached hydrogens (primary N) is 1. The second-order valence-corrected chi connectivity index (χ2v) is 3.29. The Bertz CT molecular complexity index is 283. The lowest BCUT2D eigenvalue weighted by molar-refractivity contribution is 0.0517. The van der Waals surface area contributed by atoms with Crippen LogP contribution in [0.25, 0.3) is 0 Å². The fraction of sp³-hybridized carbons (Fsp3) is 0.400. The Hall–Kier alpha value is -0.860. The molecule has 1 unspecified atom stereocenters. The summed E-state index contributed by atoms with van der Waals surface area (Å²) in [7, 11) is 0. The molecule has 0 bridgehead atoms. The van der Waals surface area contributed by atoms with Crippen LogP contribution in [-0.4, -0.2) is 6.04 Å². The average molecular weight is 163 g/mol. The maximum absolute atomic E-state index is 5.79. The number of fused-ring (bicyclic) bond motifs is 1. The molecule has 1 aromatic carbocycles. The Morgan fingerprint density at radius 3 is 3.00 bits per heavy atom. The first-order chi connectivity index (χ1) is 5.79. The van der Waals surface area contributed by atoms with Gasteiger partial charge in [0.25, 0.3) is 0 Å². The summed E-state index contributed by atoms with van der Waals surface area (Å²) in [6.45, 7) is 2.69. The minimum Gasteiger partial charge on any atom is -0.367 e. The largest absolute Gasteiger partial charge is 0.367 e. The first-order valence-electron chi connectivity index (χ1n) is 4.24. The standard InChI is InChI=1S/C10H13NO/c1-7(11)10-9-5-3-2-4-8(9)6-12-10/h2-5,7,10H,6,11H2,1H3/t7-,10?/m0/s1. The molecular formula is C10H13NO. The molecule has 64 valence electrons. The van der Waals surface area contributed by atoms with Crippen molar-refractivity contribution in [3.05, 3.63) is 35.4 Å². The molecule has 2 atom stereocenters. The molecule has 1 aliphatic heterocycles. The zero-order chi connectivity index (χ0) is 8.55. The van der Waals surface area contributed by atoms with Crippen LogP contribution in [0.15, 0.2) is 24.3 Å². The first-order valence-corrected chi connectivity index (χ1v) is 4.24. The lowest BCUT2D eigenvalue weighted by Gasteiger charge is -2.14. The summed E-state index contributed by atoms with van der Waals surface area (Å²) in [6.07, 6.45) is 0.0983. The van der Waals surface area contributed by atoms with Crippen LogP contribution in [-0.2, 0) is 11.3 Å². The Labute approximate surface area is 72.3 Å². The number of hydrogen-bond donors (Lipinski definition) is 1. The van der Waals surface area contributed by atoms with Gasteiger partial charge in [-0.1, -0.05) is 24.3 Å². The van der Waals surface area contributed by atoms with E-state index in [0.717, 1.165) is 0 Å². The van der Waals surface area contributed by atoms with Gasteiger partial charge in [0.15, 0.2) is 0 Å². The molecule has 0 saturated heterocycles. The lowest BCUT2D eigenvalue weighted by Crippen LogP contribution is -2.24. The molecule has 0 aliphatic carbocycles. The molecule has 1 heterocycles. The second-order valence-electron chi connectivity index (χ2n) is 3.29. The molecule has 0 amide bonds. The molecule has 1 aromatic rings. The SMILES string of the molecule is C[C@H](N)C1OCc2ccccc21. The predicted octanol–water partition coefficient (Wildman–Crippen LogP) is 1.61. The summed E-state index contributed by atoms with van der Waals surface area (Å²) in [5.74, 6) is 0. The van der Waals surface area contributed by atoms with Gasteiger partial charge in [-0.25, -0.2) is 0 Å². The summed E-state index contributed by atoms with van der Waals surface area (Å²) in [4.78, 5) is 0. The van der Waals surface area contributed by atoms with Crippen molar-refractivity contribution in [2.24, 2.45) is 5.73 Å². The van der Waals surface area contributed by atoms with Crippen LogP contribution in [0.2, 0.25) is 0 Å². The van der Waals surface area contributed by atoms with Crippen LogP contribution < -0.4 is 5.73 Å². The van der Waals surface area contributed by atoms with Gasteiger partial charge in [0, 0.05) is 6.04 Å².